The lowest BCUT2D eigenvalue weighted by Gasteiger charge is -2.35. The fourth-order valence-electron chi connectivity index (χ4n) is 7.02. The Morgan fingerprint density at radius 3 is 2.06 bits per heavy atom. The van der Waals surface area contributed by atoms with E-state index in [0.717, 1.165) is 16.5 Å². The van der Waals surface area contributed by atoms with Gasteiger partial charge in [-0.3, -0.25) is 19.4 Å². The van der Waals surface area contributed by atoms with E-state index in [9.17, 15) is 33.9 Å². The van der Waals surface area contributed by atoms with Crippen molar-refractivity contribution in [3.05, 3.63) is 65.9 Å². The number of ketones is 2. The zero-order valence-corrected chi connectivity index (χ0v) is 32.1. The monoisotopic (exact) mass is 743 g/mol. The minimum Gasteiger partial charge on any atom is -0.479 e. The van der Waals surface area contributed by atoms with E-state index in [0.29, 0.717) is 24.0 Å². The molecule has 0 spiro atoms. The van der Waals surface area contributed by atoms with Crippen LogP contribution in [-0.4, -0.2) is 98.1 Å². The number of rotatable bonds is 9. The maximum absolute atomic E-state index is 13.6. The normalized spacial score (nSPS) is 21.5. The first kappa shape index (κ1) is 39.9. The Morgan fingerprint density at radius 2 is 1.43 bits per heavy atom. The third-order valence-corrected chi connectivity index (χ3v) is 9.43. The van der Waals surface area contributed by atoms with Crippen molar-refractivity contribution in [3.8, 4) is 11.1 Å². The highest BCUT2D eigenvalue weighted by Crippen LogP contribution is 2.38. The smallest absolute Gasteiger partial charge is 0.411 e. The summed E-state index contributed by atoms with van der Waals surface area (Å²) >= 11 is 0. The molecule has 3 aromatic rings. The summed E-state index contributed by atoms with van der Waals surface area (Å²) in [5.41, 5.74) is -0.727. The predicted octanol–water partition coefficient (Wildman–Crippen LogP) is 6.95. The fourth-order valence-corrected chi connectivity index (χ4v) is 7.02. The zero-order chi connectivity index (χ0) is 39.7. The van der Waals surface area contributed by atoms with Crippen LogP contribution in [0.4, 0.5) is 9.59 Å². The molecule has 0 radical (unpaired) electrons. The number of nitrogens with zero attached hydrogens (tertiary/aromatic N) is 3. The first-order valence-corrected chi connectivity index (χ1v) is 18.1. The number of aliphatic carboxylic acids is 1. The predicted molar refractivity (Wildman–Crippen MR) is 199 cm³/mol. The van der Waals surface area contributed by atoms with Crippen molar-refractivity contribution in [2.75, 3.05) is 19.7 Å². The summed E-state index contributed by atoms with van der Waals surface area (Å²) in [5, 5.41) is 11.1. The second-order valence-corrected chi connectivity index (χ2v) is 16.5. The lowest BCUT2D eigenvalue weighted by Crippen LogP contribution is -2.55. The van der Waals surface area contributed by atoms with Gasteiger partial charge < -0.3 is 19.3 Å². The molecule has 5 rings (SSSR count). The SMILES string of the molecule is C[C@@H]1CN(C(=O)OC(C)(C)C)[C@](CC(=O)c2ccc3cc(-c4ccc(C(=O)COC(=O)[C@@H]5C[C@H](C)CN5C(=O)OC(C)(C)C)cc4)ccc3n2)(C(=O)O)C1. The second kappa shape index (κ2) is 15.2. The van der Waals surface area contributed by atoms with Crippen molar-refractivity contribution in [2.45, 2.75) is 97.4 Å². The Labute approximate surface area is 314 Å². The quantitative estimate of drug-likeness (QED) is 0.137. The summed E-state index contributed by atoms with van der Waals surface area (Å²) in [7, 11) is 0. The molecular weight excluding hydrogens is 694 g/mol. The number of Topliss-reactive ketones (excluding diaryl/α,β-unsaturated/α-hetero) is 2. The van der Waals surface area contributed by atoms with Gasteiger partial charge in [-0.2, -0.15) is 0 Å². The number of fused-ring (bicyclic) bond motifs is 1. The molecule has 2 aliphatic rings. The average Bonchev–Trinajstić information content (AvgIpc) is 3.65. The van der Waals surface area contributed by atoms with Crippen LogP contribution < -0.4 is 0 Å². The highest BCUT2D eigenvalue weighted by Gasteiger charge is 2.55. The largest absolute Gasteiger partial charge is 0.479 e. The molecule has 0 aliphatic carbocycles. The molecular formula is C41H49N3O10. The van der Waals surface area contributed by atoms with Gasteiger partial charge in [-0.05, 0) is 95.5 Å². The van der Waals surface area contributed by atoms with Crippen LogP contribution in [0.3, 0.4) is 0 Å². The number of pyridine rings is 1. The lowest BCUT2D eigenvalue weighted by atomic mass is 9.86. The van der Waals surface area contributed by atoms with E-state index < -0.39 is 71.5 Å². The van der Waals surface area contributed by atoms with Crippen molar-refractivity contribution >= 4 is 46.6 Å². The van der Waals surface area contributed by atoms with Crippen LogP contribution in [-0.2, 0) is 23.8 Å². The van der Waals surface area contributed by atoms with Gasteiger partial charge in [0.15, 0.2) is 23.7 Å². The van der Waals surface area contributed by atoms with Gasteiger partial charge in [-0.25, -0.2) is 24.2 Å². The van der Waals surface area contributed by atoms with Crippen LogP contribution in [0, 0.1) is 11.8 Å². The number of aromatic nitrogens is 1. The van der Waals surface area contributed by atoms with E-state index in [1.165, 1.54) is 9.80 Å². The number of ether oxygens (including phenoxy) is 3. The van der Waals surface area contributed by atoms with Gasteiger partial charge in [0, 0.05) is 30.5 Å². The van der Waals surface area contributed by atoms with E-state index in [-0.39, 0.29) is 30.5 Å². The van der Waals surface area contributed by atoms with Crippen molar-refractivity contribution in [1.82, 2.24) is 14.8 Å². The lowest BCUT2D eigenvalue weighted by molar-refractivity contribution is -0.149. The second-order valence-electron chi connectivity index (χ2n) is 16.5. The van der Waals surface area contributed by atoms with Crippen LogP contribution in [0.2, 0.25) is 0 Å². The number of carbonyl (C=O) groups excluding carboxylic acids is 5. The van der Waals surface area contributed by atoms with Gasteiger partial charge >= 0.3 is 24.1 Å². The fraction of sp³-hybridized carbons (Fsp3) is 0.488. The average molecular weight is 744 g/mol. The minimum atomic E-state index is -1.76. The standard InChI is InChI=1S/C41H49N3O10/c1-24-17-32(43(21-24)37(50)53-39(3,4)5)35(47)52-23-34(46)27-11-9-26(10-12-27)28-13-15-30-29(18-28)14-16-31(42-30)33(45)20-41(36(48)49)19-25(2)22-44(41)38(51)54-40(6,7)8/h9-16,18,24-25,32H,17,19-23H2,1-8H3,(H,48,49)/t24-,25-,32-,41+/m0/s1. The van der Waals surface area contributed by atoms with Crippen molar-refractivity contribution in [3.63, 3.8) is 0 Å². The molecule has 1 aromatic heterocycles. The molecule has 2 saturated heterocycles. The minimum absolute atomic E-state index is 0.0735. The molecule has 13 nitrogen and oxygen atoms in total. The number of carbonyl (C=O) groups is 6. The maximum atomic E-state index is 13.6. The van der Waals surface area contributed by atoms with Crippen LogP contribution >= 0.6 is 0 Å². The van der Waals surface area contributed by atoms with Gasteiger partial charge in [-0.1, -0.05) is 50.2 Å². The Balaban J connectivity index is 1.24. The van der Waals surface area contributed by atoms with Crippen LogP contribution in [0.25, 0.3) is 22.0 Å². The molecule has 3 heterocycles. The number of carboxylic acid groups (broad SMARTS) is 1. The van der Waals surface area contributed by atoms with E-state index >= 15 is 0 Å². The molecule has 1 N–H and O–H groups in total. The molecule has 2 fully saturated rings. The van der Waals surface area contributed by atoms with E-state index in [2.05, 4.69) is 4.98 Å². The number of likely N-dealkylation sites (tertiary alicyclic amines) is 2. The number of amides is 2. The number of carboxylic acids is 1. The van der Waals surface area contributed by atoms with Gasteiger partial charge in [0.25, 0.3) is 0 Å². The number of esters is 1. The number of hydrogen-bond acceptors (Lipinski definition) is 10. The highest BCUT2D eigenvalue weighted by atomic mass is 16.6. The Bertz CT molecular complexity index is 1960. The van der Waals surface area contributed by atoms with Crippen molar-refractivity contribution < 1.29 is 48.1 Å². The van der Waals surface area contributed by atoms with E-state index in [1.807, 2.05) is 26.0 Å². The first-order chi connectivity index (χ1) is 25.2. The summed E-state index contributed by atoms with van der Waals surface area (Å²) in [6.07, 6.45) is -1.29. The molecule has 2 aromatic carbocycles. The molecule has 4 atom stereocenters. The Hall–Kier alpha value is -5.33. The van der Waals surface area contributed by atoms with Crippen molar-refractivity contribution in [2.24, 2.45) is 11.8 Å². The molecule has 288 valence electrons. The van der Waals surface area contributed by atoms with Crippen LogP contribution in [0.1, 0.15) is 95.5 Å². The topological polar surface area (TPSA) is 170 Å². The van der Waals surface area contributed by atoms with Gasteiger partial charge in [0.05, 0.1) is 5.52 Å². The summed E-state index contributed by atoms with van der Waals surface area (Å²) in [4.78, 5) is 84.9. The third kappa shape index (κ3) is 9.06. The third-order valence-electron chi connectivity index (χ3n) is 9.43. The molecule has 2 amide bonds. The van der Waals surface area contributed by atoms with E-state index in [4.69, 9.17) is 14.2 Å². The van der Waals surface area contributed by atoms with Crippen LogP contribution in [0.5, 0.6) is 0 Å². The van der Waals surface area contributed by atoms with Crippen molar-refractivity contribution in [1.29, 1.82) is 0 Å². The maximum Gasteiger partial charge on any atom is 0.411 e. The summed E-state index contributed by atoms with van der Waals surface area (Å²) in [6.45, 7) is 14.2. The molecule has 0 unspecified atom stereocenters. The highest BCUT2D eigenvalue weighted by molar-refractivity contribution is 6.02. The van der Waals surface area contributed by atoms with Gasteiger partial charge in [-0.15, -0.1) is 0 Å². The Kier molecular flexibility index (Phi) is 11.2. The Morgan fingerprint density at radius 1 is 0.796 bits per heavy atom. The zero-order valence-electron chi connectivity index (χ0n) is 32.1. The molecule has 0 bridgehead atoms. The van der Waals surface area contributed by atoms with Gasteiger partial charge in [0.2, 0.25) is 0 Å². The summed E-state index contributed by atoms with van der Waals surface area (Å²) in [6, 6.07) is 14.7. The molecule has 54 heavy (non-hydrogen) atoms. The number of hydrogen-bond donors (Lipinski definition) is 1. The summed E-state index contributed by atoms with van der Waals surface area (Å²) < 4.78 is 16.3. The van der Waals surface area contributed by atoms with Crippen LogP contribution in [0.15, 0.2) is 54.6 Å². The molecule has 2 aliphatic heterocycles. The number of benzene rings is 2. The molecule has 0 saturated carbocycles. The molecule has 13 heteroatoms. The van der Waals surface area contributed by atoms with E-state index in [1.54, 1.807) is 84.0 Å². The first-order valence-electron chi connectivity index (χ1n) is 18.1. The van der Waals surface area contributed by atoms with Gasteiger partial charge in [0.1, 0.15) is 22.9 Å². The summed E-state index contributed by atoms with van der Waals surface area (Å²) in [5.74, 6) is -2.90.